The van der Waals surface area contributed by atoms with E-state index in [4.69, 9.17) is 5.73 Å². The minimum Gasteiger partial charge on any atom is -0.326 e. The fourth-order valence-corrected chi connectivity index (χ4v) is 1.64. The highest BCUT2D eigenvalue weighted by molar-refractivity contribution is 5.47. The molecule has 2 heterocycles. The van der Waals surface area contributed by atoms with Crippen molar-refractivity contribution in [3.63, 3.8) is 0 Å². The third-order valence-electron chi connectivity index (χ3n) is 2.41. The van der Waals surface area contributed by atoms with Crippen molar-refractivity contribution in [2.24, 2.45) is 5.73 Å². The van der Waals surface area contributed by atoms with Crippen molar-refractivity contribution in [1.29, 1.82) is 0 Å². The molecular formula is C11H16N4. The van der Waals surface area contributed by atoms with Gasteiger partial charge in [-0.25, -0.2) is 0 Å². The molecule has 0 aliphatic carbocycles. The molecule has 4 heteroatoms. The molecule has 0 unspecified atom stereocenters. The summed E-state index contributed by atoms with van der Waals surface area (Å²) < 4.78 is 2.02. The van der Waals surface area contributed by atoms with Crippen LogP contribution in [0.1, 0.15) is 32.2 Å². The molecule has 0 bridgehead atoms. The van der Waals surface area contributed by atoms with E-state index in [-0.39, 0.29) is 5.41 Å². The Morgan fingerprint density at radius 1 is 1.33 bits per heavy atom. The molecule has 0 aliphatic rings. The second-order valence-electron chi connectivity index (χ2n) is 4.70. The number of nitrogens with zero attached hydrogens (tertiary/aromatic N) is 3. The average molecular weight is 204 g/mol. The Kier molecular flexibility index (Phi) is 2.23. The second kappa shape index (κ2) is 3.31. The molecular weight excluding hydrogens is 188 g/mol. The molecule has 0 radical (unpaired) electrons. The van der Waals surface area contributed by atoms with Crippen molar-refractivity contribution in [2.75, 3.05) is 0 Å². The number of hydrogen-bond donors (Lipinski definition) is 1. The van der Waals surface area contributed by atoms with Crippen molar-refractivity contribution in [3.8, 4) is 0 Å². The monoisotopic (exact) mass is 204 g/mol. The third kappa shape index (κ3) is 1.61. The van der Waals surface area contributed by atoms with E-state index in [2.05, 4.69) is 31.0 Å². The Hall–Kier alpha value is -1.42. The molecule has 0 spiro atoms. The van der Waals surface area contributed by atoms with Gasteiger partial charge in [-0.1, -0.05) is 26.8 Å². The van der Waals surface area contributed by atoms with Crippen LogP contribution in [0, 0.1) is 0 Å². The van der Waals surface area contributed by atoms with Gasteiger partial charge in [0.1, 0.15) is 5.82 Å². The molecule has 2 aromatic heterocycles. The standard InChI is InChI=1S/C11H16N4/c1-11(2,3)10-14-13-9-8(7-12)5-4-6-15(9)10/h4-6H,7,12H2,1-3H3. The SMILES string of the molecule is CC(C)(C)c1nnc2c(CN)cccn12. The number of nitrogens with two attached hydrogens (primary N) is 1. The summed E-state index contributed by atoms with van der Waals surface area (Å²) in [7, 11) is 0. The Balaban J connectivity index is 2.72. The molecule has 15 heavy (non-hydrogen) atoms. The predicted octanol–water partition coefficient (Wildman–Crippen LogP) is 1.49. The van der Waals surface area contributed by atoms with Crippen molar-refractivity contribution in [1.82, 2.24) is 14.6 Å². The van der Waals surface area contributed by atoms with Gasteiger partial charge in [0, 0.05) is 23.7 Å². The van der Waals surface area contributed by atoms with Crippen LogP contribution in [0.2, 0.25) is 0 Å². The van der Waals surface area contributed by atoms with Gasteiger partial charge in [0.2, 0.25) is 0 Å². The maximum absolute atomic E-state index is 5.65. The molecule has 0 amide bonds. The first kappa shape index (κ1) is 10.1. The zero-order valence-electron chi connectivity index (χ0n) is 9.36. The maximum atomic E-state index is 5.65. The number of rotatable bonds is 1. The van der Waals surface area contributed by atoms with E-state index in [1.165, 1.54) is 0 Å². The minimum atomic E-state index is -0.00730. The molecule has 4 nitrogen and oxygen atoms in total. The lowest BCUT2D eigenvalue weighted by atomic mass is 9.96. The Labute approximate surface area is 89.1 Å². The van der Waals surface area contributed by atoms with E-state index < -0.39 is 0 Å². The van der Waals surface area contributed by atoms with Gasteiger partial charge in [-0.2, -0.15) is 0 Å². The predicted molar refractivity (Wildman–Crippen MR) is 59.6 cm³/mol. The van der Waals surface area contributed by atoms with E-state index in [1.807, 2.05) is 22.7 Å². The highest BCUT2D eigenvalue weighted by Gasteiger charge is 2.21. The van der Waals surface area contributed by atoms with Crippen LogP contribution >= 0.6 is 0 Å². The first-order valence-corrected chi connectivity index (χ1v) is 5.07. The quantitative estimate of drug-likeness (QED) is 0.765. The summed E-state index contributed by atoms with van der Waals surface area (Å²) in [6.07, 6.45) is 1.98. The van der Waals surface area contributed by atoms with Gasteiger partial charge in [-0.3, -0.25) is 4.40 Å². The highest BCUT2D eigenvalue weighted by Crippen LogP contribution is 2.21. The molecule has 2 rings (SSSR count). The van der Waals surface area contributed by atoms with Crippen molar-refractivity contribution in [3.05, 3.63) is 29.7 Å². The molecule has 0 aliphatic heterocycles. The van der Waals surface area contributed by atoms with Crippen LogP contribution in [0.4, 0.5) is 0 Å². The number of aromatic nitrogens is 3. The molecule has 80 valence electrons. The minimum absolute atomic E-state index is 0.00730. The van der Waals surface area contributed by atoms with Crippen LogP contribution in [0.25, 0.3) is 5.65 Å². The normalized spacial score (nSPS) is 12.3. The number of pyridine rings is 1. The summed E-state index contributed by atoms with van der Waals surface area (Å²) in [6, 6.07) is 3.96. The smallest absolute Gasteiger partial charge is 0.165 e. The highest BCUT2D eigenvalue weighted by atomic mass is 15.3. The summed E-state index contributed by atoms with van der Waals surface area (Å²) in [5, 5.41) is 8.42. The maximum Gasteiger partial charge on any atom is 0.165 e. The molecule has 0 saturated heterocycles. The number of fused-ring (bicyclic) bond motifs is 1. The second-order valence-corrected chi connectivity index (χ2v) is 4.70. The number of hydrogen-bond acceptors (Lipinski definition) is 3. The Morgan fingerprint density at radius 2 is 2.07 bits per heavy atom. The van der Waals surface area contributed by atoms with Crippen molar-refractivity contribution < 1.29 is 0 Å². The summed E-state index contributed by atoms with van der Waals surface area (Å²) >= 11 is 0. The summed E-state index contributed by atoms with van der Waals surface area (Å²) in [5.41, 5.74) is 7.54. The summed E-state index contributed by atoms with van der Waals surface area (Å²) in [4.78, 5) is 0. The van der Waals surface area contributed by atoms with Crippen LogP contribution in [-0.4, -0.2) is 14.6 Å². The molecule has 0 atom stereocenters. The van der Waals surface area contributed by atoms with Gasteiger partial charge in [0.05, 0.1) is 0 Å². The molecule has 0 aromatic carbocycles. The van der Waals surface area contributed by atoms with E-state index in [1.54, 1.807) is 0 Å². The Bertz CT molecular complexity index is 479. The average Bonchev–Trinajstić information content (AvgIpc) is 2.59. The van der Waals surface area contributed by atoms with E-state index in [0.717, 1.165) is 17.0 Å². The van der Waals surface area contributed by atoms with Crippen LogP contribution in [-0.2, 0) is 12.0 Å². The van der Waals surface area contributed by atoms with E-state index in [0.29, 0.717) is 6.54 Å². The van der Waals surface area contributed by atoms with Gasteiger partial charge in [-0.05, 0) is 6.07 Å². The van der Waals surface area contributed by atoms with Crippen LogP contribution < -0.4 is 5.73 Å². The lowest BCUT2D eigenvalue weighted by Gasteiger charge is -2.15. The summed E-state index contributed by atoms with van der Waals surface area (Å²) in [6.45, 7) is 6.86. The molecule has 2 aromatic rings. The van der Waals surface area contributed by atoms with E-state index in [9.17, 15) is 0 Å². The van der Waals surface area contributed by atoms with Gasteiger partial charge in [0.25, 0.3) is 0 Å². The van der Waals surface area contributed by atoms with Gasteiger partial charge < -0.3 is 5.73 Å². The lowest BCUT2D eigenvalue weighted by molar-refractivity contribution is 0.538. The molecule has 0 saturated carbocycles. The third-order valence-corrected chi connectivity index (χ3v) is 2.41. The van der Waals surface area contributed by atoms with Gasteiger partial charge in [0.15, 0.2) is 5.65 Å². The largest absolute Gasteiger partial charge is 0.326 e. The van der Waals surface area contributed by atoms with Crippen molar-refractivity contribution in [2.45, 2.75) is 32.7 Å². The molecule has 2 N–H and O–H groups in total. The van der Waals surface area contributed by atoms with Gasteiger partial charge >= 0.3 is 0 Å². The van der Waals surface area contributed by atoms with Crippen LogP contribution in [0.5, 0.6) is 0 Å². The first-order chi connectivity index (χ1) is 7.04. The molecule has 0 fully saturated rings. The van der Waals surface area contributed by atoms with Gasteiger partial charge in [-0.15, -0.1) is 10.2 Å². The zero-order valence-corrected chi connectivity index (χ0v) is 9.36. The van der Waals surface area contributed by atoms with Crippen molar-refractivity contribution >= 4 is 5.65 Å². The first-order valence-electron chi connectivity index (χ1n) is 5.07. The van der Waals surface area contributed by atoms with E-state index >= 15 is 0 Å². The fraction of sp³-hybridized carbons (Fsp3) is 0.455. The lowest BCUT2D eigenvalue weighted by Crippen LogP contribution is -2.16. The zero-order chi connectivity index (χ0) is 11.1. The fourth-order valence-electron chi connectivity index (χ4n) is 1.64. The Morgan fingerprint density at radius 3 is 2.67 bits per heavy atom. The van der Waals surface area contributed by atoms with Crippen LogP contribution in [0.15, 0.2) is 18.3 Å². The summed E-state index contributed by atoms with van der Waals surface area (Å²) in [5.74, 6) is 0.966. The topological polar surface area (TPSA) is 56.2 Å². The van der Waals surface area contributed by atoms with Crippen LogP contribution in [0.3, 0.4) is 0 Å².